The van der Waals surface area contributed by atoms with Crippen LogP contribution in [-0.4, -0.2) is 33.6 Å². The Morgan fingerprint density at radius 2 is 1.76 bits per heavy atom. The van der Waals surface area contributed by atoms with E-state index in [4.69, 9.17) is 9.15 Å². The van der Waals surface area contributed by atoms with Gasteiger partial charge in [0.1, 0.15) is 17.9 Å². The van der Waals surface area contributed by atoms with Crippen LogP contribution < -0.4 is 9.64 Å². The molecule has 6 aromatic rings. The molecule has 0 aliphatic carbocycles. The second kappa shape index (κ2) is 12.1. The van der Waals surface area contributed by atoms with E-state index in [-0.39, 0.29) is 16.5 Å². The van der Waals surface area contributed by atoms with Crippen molar-refractivity contribution >= 4 is 61.7 Å². The van der Waals surface area contributed by atoms with E-state index in [0.29, 0.717) is 33.6 Å². The lowest BCUT2D eigenvalue weighted by Gasteiger charge is -2.24. The highest BCUT2D eigenvalue weighted by molar-refractivity contribution is 8.00. The second-order valence-electron chi connectivity index (χ2n) is 10.3. The number of nitrogens with zero attached hydrogens (tertiary/aromatic N) is 3. The minimum Gasteiger partial charge on any atom is -0.503 e. The maximum Gasteiger partial charge on any atom is 0.296 e. The molecule has 222 valence electrons. The number of aliphatic hydroxyl groups excluding tert-OH is 1. The summed E-state index contributed by atoms with van der Waals surface area (Å²) in [5, 5.41) is 23.2. The van der Waals surface area contributed by atoms with Gasteiger partial charge in [0.25, 0.3) is 5.91 Å². The van der Waals surface area contributed by atoms with Crippen LogP contribution in [0.5, 0.6) is 5.75 Å². The van der Waals surface area contributed by atoms with Crippen LogP contribution >= 0.6 is 23.1 Å². The molecule has 1 aliphatic rings. The van der Waals surface area contributed by atoms with Crippen LogP contribution in [0.2, 0.25) is 0 Å². The smallest absolute Gasteiger partial charge is 0.296 e. The SMILES string of the molecule is C=CCOc1ccc([C@H]2C(C(=O)c3cc4ccccc4o3)=C(O)C(=O)N2c2nnc(SCc3cccc4ccccc34)s2)cc1. The molecule has 1 aliphatic heterocycles. The number of aliphatic hydroxyl groups is 1. The van der Waals surface area contributed by atoms with E-state index in [9.17, 15) is 14.7 Å². The summed E-state index contributed by atoms with van der Waals surface area (Å²) in [5.41, 5.74) is 2.16. The van der Waals surface area contributed by atoms with Gasteiger partial charge < -0.3 is 14.3 Å². The van der Waals surface area contributed by atoms with Crippen molar-refractivity contribution in [2.24, 2.45) is 0 Å². The first-order valence-corrected chi connectivity index (χ1v) is 15.9. The number of carbonyl (C=O) groups is 2. The van der Waals surface area contributed by atoms with Crippen molar-refractivity contribution in [3.63, 3.8) is 0 Å². The van der Waals surface area contributed by atoms with Gasteiger partial charge in [-0.2, -0.15) is 0 Å². The number of rotatable bonds is 10. The van der Waals surface area contributed by atoms with E-state index in [0.717, 1.165) is 21.7 Å². The average molecular weight is 632 g/mol. The van der Waals surface area contributed by atoms with Gasteiger partial charge in [-0.1, -0.05) is 109 Å². The van der Waals surface area contributed by atoms with Crippen molar-refractivity contribution in [2.75, 3.05) is 11.5 Å². The van der Waals surface area contributed by atoms with Gasteiger partial charge in [0.05, 0.1) is 11.6 Å². The minimum absolute atomic E-state index is 0.0203. The van der Waals surface area contributed by atoms with Gasteiger partial charge in [-0.25, -0.2) is 0 Å². The highest BCUT2D eigenvalue weighted by Gasteiger charge is 2.46. The molecule has 8 nitrogen and oxygen atoms in total. The van der Waals surface area contributed by atoms with E-state index >= 15 is 0 Å². The van der Waals surface area contributed by atoms with Crippen molar-refractivity contribution in [1.82, 2.24) is 10.2 Å². The highest BCUT2D eigenvalue weighted by Crippen LogP contribution is 2.44. The lowest BCUT2D eigenvalue weighted by atomic mass is 9.95. The molecule has 1 amide bonds. The lowest BCUT2D eigenvalue weighted by molar-refractivity contribution is -0.117. The molecule has 0 saturated heterocycles. The molecular weight excluding hydrogens is 607 g/mol. The number of thioether (sulfide) groups is 1. The van der Waals surface area contributed by atoms with Gasteiger partial charge >= 0.3 is 0 Å². The molecule has 4 aromatic carbocycles. The number of furan rings is 1. The number of hydrogen-bond acceptors (Lipinski definition) is 9. The van der Waals surface area contributed by atoms with Crippen LogP contribution in [0.15, 0.2) is 130 Å². The summed E-state index contributed by atoms with van der Waals surface area (Å²) >= 11 is 2.73. The van der Waals surface area contributed by atoms with Gasteiger partial charge in [-0.15, -0.1) is 10.2 Å². The van der Waals surface area contributed by atoms with Crippen molar-refractivity contribution in [3.8, 4) is 5.75 Å². The zero-order chi connectivity index (χ0) is 30.9. The summed E-state index contributed by atoms with van der Waals surface area (Å²) in [6.45, 7) is 4.00. The molecule has 10 heteroatoms. The number of ketones is 1. The van der Waals surface area contributed by atoms with Gasteiger partial charge in [0, 0.05) is 11.1 Å². The number of fused-ring (bicyclic) bond motifs is 2. The zero-order valence-electron chi connectivity index (χ0n) is 23.8. The standard InChI is InChI=1S/C35H25N3O5S2/c1-2-18-42-25-16-14-22(15-17-25)30-29(31(39)28-19-23-9-4-6-13-27(23)43-28)32(40)33(41)38(30)34-36-37-35(45-34)44-20-24-11-7-10-21-8-3-5-12-26(21)24/h2-17,19,30,40H,1,18,20H2/t30-/m0/s1. The molecule has 3 heterocycles. The van der Waals surface area contributed by atoms with Crippen LogP contribution in [-0.2, 0) is 10.5 Å². The van der Waals surface area contributed by atoms with Gasteiger partial charge in [-0.3, -0.25) is 14.5 Å². The predicted molar refractivity (Wildman–Crippen MR) is 176 cm³/mol. The Kier molecular flexibility index (Phi) is 7.66. The number of aromatic nitrogens is 2. The van der Waals surface area contributed by atoms with E-state index in [1.54, 1.807) is 42.5 Å². The maximum absolute atomic E-state index is 14.0. The van der Waals surface area contributed by atoms with Crippen molar-refractivity contribution in [1.29, 1.82) is 0 Å². The van der Waals surface area contributed by atoms with Crippen LogP contribution in [0.3, 0.4) is 0 Å². The Bertz CT molecular complexity index is 2080. The third-order valence-corrected chi connectivity index (χ3v) is 9.60. The van der Waals surface area contributed by atoms with E-state index in [2.05, 4.69) is 41.0 Å². The van der Waals surface area contributed by atoms with Crippen LogP contribution in [0.25, 0.3) is 21.7 Å². The number of ether oxygens (including phenoxy) is 1. The molecule has 1 N–H and O–H groups in total. The van der Waals surface area contributed by atoms with E-state index in [1.165, 1.54) is 28.0 Å². The first-order chi connectivity index (χ1) is 22.0. The molecule has 2 aromatic heterocycles. The summed E-state index contributed by atoms with van der Waals surface area (Å²) in [7, 11) is 0. The lowest BCUT2D eigenvalue weighted by Crippen LogP contribution is -2.31. The monoisotopic (exact) mass is 631 g/mol. The van der Waals surface area contributed by atoms with Crippen molar-refractivity contribution < 1.29 is 23.8 Å². The fourth-order valence-corrected chi connectivity index (χ4v) is 7.27. The predicted octanol–water partition coefficient (Wildman–Crippen LogP) is 8.08. The fourth-order valence-electron chi connectivity index (χ4n) is 5.39. The Morgan fingerprint density at radius 1 is 1.00 bits per heavy atom. The van der Waals surface area contributed by atoms with Crippen LogP contribution in [0.1, 0.15) is 27.7 Å². The van der Waals surface area contributed by atoms with Crippen LogP contribution in [0, 0.1) is 0 Å². The van der Waals surface area contributed by atoms with Crippen molar-refractivity contribution in [3.05, 3.63) is 138 Å². The molecule has 0 saturated carbocycles. The summed E-state index contributed by atoms with van der Waals surface area (Å²) in [4.78, 5) is 29.0. The largest absolute Gasteiger partial charge is 0.503 e. The first kappa shape index (κ1) is 28.6. The topological polar surface area (TPSA) is 106 Å². The number of para-hydroxylation sites is 1. The third kappa shape index (κ3) is 5.39. The van der Waals surface area contributed by atoms with Gasteiger partial charge in [0.15, 0.2) is 15.9 Å². The zero-order valence-corrected chi connectivity index (χ0v) is 25.4. The Hall–Kier alpha value is -5.19. The summed E-state index contributed by atoms with van der Waals surface area (Å²) < 4.78 is 12.1. The molecule has 7 rings (SSSR count). The van der Waals surface area contributed by atoms with E-state index < -0.39 is 23.5 Å². The fraction of sp³-hybridized carbons (Fsp3) is 0.0857. The number of Topliss-reactive ketones (excluding diaryl/α,β-unsaturated/α-hetero) is 1. The number of hydrogen-bond donors (Lipinski definition) is 1. The molecular formula is C35H25N3O5S2. The molecule has 0 bridgehead atoms. The van der Waals surface area contributed by atoms with Crippen LogP contribution in [0.4, 0.5) is 5.13 Å². The molecule has 1 atom stereocenters. The Labute approximate surface area is 266 Å². The van der Waals surface area contributed by atoms with E-state index in [1.807, 2.05) is 36.4 Å². The molecule has 0 unspecified atom stereocenters. The second-order valence-corrected chi connectivity index (χ2v) is 12.4. The number of carbonyl (C=O) groups excluding carboxylic acids is 2. The molecule has 0 spiro atoms. The van der Waals surface area contributed by atoms with Gasteiger partial charge in [-0.05, 0) is 46.2 Å². The molecule has 0 radical (unpaired) electrons. The average Bonchev–Trinajstić information content (AvgIpc) is 3.79. The number of benzene rings is 4. The summed E-state index contributed by atoms with van der Waals surface area (Å²) in [6.07, 6.45) is 1.64. The normalized spacial score (nSPS) is 14.9. The Morgan fingerprint density at radius 3 is 2.56 bits per heavy atom. The summed E-state index contributed by atoms with van der Waals surface area (Å²) in [5.74, 6) is -0.723. The van der Waals surface area contributed by atoms with Crippen molar-refractivity contribution in [2.45, 2.75) is 16.1 Å². The number of amides is 1. The maximum atomic E-state index is 14.0. The first-order valence-electron chi connectivity index (χ1n) is 14.1. The molecule has 45 heavy (non-hydrogen) atoms. The Balaban J connectivity index is 1.23. The highest BCUT2D eigenvalue weighted by atomic mass is 32.2. The quantitative estimate of drug-likeness (QED) is 0.0700. The molecule has 0 fully saturated rings. The number of anilines is 1. The third-order valence-electron chi connectivity index (χ3n) is 7.50. The van der Waals surface area contributed by atoms with Gasteiger partial charge in [0.2, 0.25) is 10.9 Å². The summed E-state index contributed by atoms with van der Waals surface area (Å²) in [6, 6.07) is 29.2. The minimum atomic E-state index is -0.976.